The van der Waals surface area contributed by atoms with Crippen LogP contribution in [-0.2, 0) is 0 Å². The van der Waals surface area contributed by atoms with Gasteiger partial charge in [0.05, 0.1) is 5.52 Å². The Kier molecular flexibility index (Phi) is 2.43. The molecule has 0 aliphatic rings. The van der Waals surface area contributed by atoms with Crippen LogP contribution in [-0.4, -0.2) is 35.5 Å². The standard InChI is InChI=1S/C13H12N6S/c1-3-20-13-17-16-12-15-11-10(18-19(12)13)8-6-4-5-7(2)9(8)14-11/h4-6H,3H2,1-2H3,(H,14,15,16). The molecule has 1 N–H and O–H groups in total. The summed E-state index contributed by atoms with van der Waals surface area (Å²) >= 11 is 1.61. The van der Waals surface area contributed by atoms with E-state index in [9.17, 15) is 0 Å². The molecule has 6 nitrogen and oxygen atoms in total. The fourth-order valence-electron chi connectivity index (χ4n) is 2.35. The Morgan fingerprint density at radius 2 is 2.20 bits per heavy atom. The second kappa shape index (κ2) is 4.17. The second-order valence-electron chi connectivity index (χ2n) is 4.56. The molecule has 0 fully saturated rings. The van der Waals surface area contributed by atoms with Gasteiger partial charge in [0.1, 0.15) is 5.52 Å². The van der Waals surface area contributed by atoms with Crippen LogP contribution in [0.5, 0.6) is 0 Å². The van der Waals surface area contributed by atoms with Gasteiger partial charge in [-0.25, -0.2) is 0 Å². The number of thioether (sulfide) groups is 1. The van der Waals surface area contributed by atoms with E-state index >= 15 is 0 Å². The molecule has 0 aliphatic heterocycles. The third kappa shape index (κ3) is 1.53. The number of aryl methyl sites for hydroxylation is 1. The Morgan fingerprint density at radius 3 is 3.05 bits per heavy atom. The number of nitrogens with one attached hydrogen (secondary N) is 1. The fraction of sp³-hybridized carbons (Fsp3) is 0.231. The Hall–Kier alpha value is -2.15. The summed E-state index contributed by atoms with van der Waals surface area (Å²) in [6, 6.07) is 6.16. The Bertz CT molecular complexity index is 938. The summed E-state index contributed by atoms with van der Waals surface area (Å²) in [7, 11) is 0. The van der Waals surface area contributed by atoms with Gasteiger partial charge in [0.15, 0.2) is 5.65 Å². The Labute approximate surface area is 118 Å². The van der Waals surface area contributed by atoms with Crippen LogP contribution in [0.2, 0.25) is 0 Å². The third-order valence-corrected chi connectivity index (χ3v) is 4.08. The minimum atomic E-state index is 0.526. The summed E-state index contributed by atoms with van der Waals surface area (Å²) in [5, 5.41) is 14.7. The highest BCUT2D eigenvalue weighted by Crippen LogP contribution is 2.25. The van der Waals surface area contributed by atoms with E-state index in [1.165, 1.54) is 5.56 Å². The zero-order valence-corrected chi connectivity index (χ0v) is 11.9. The fourth-order valence-corrected chi connectivity index (χ4v) is 2.95. The normalized spacial score (nSPS) is 11.9. The summed E-state index contributed by atoms with van der Waals surface area (Å²) in [5.74, 6) is 1.45. The highest BCUT2D eigenvalue weighted by atomic mass is 32.2. The number of para-hydroxylation sites is 1. The number of aromatic nitrogens is 6. The second-order valence-corrected chi connectivity index (χ2v) is 5.79. The molecule has 0 aliphatic carbocycles. The smallest absolute Gasteiger partial charge is 0.274 e. The van der Waals surface area contributed by atoms with Gasteiger partial charge < -0.3 is 4.98 Å². The van der Waals surface area contributed by atoms with Crippen molar-refractivity contribution in [1.82, 2.24) is 29.8 Å². The molecule has 0 saturated heterocycles. The van der Waals surface area contributed by atoms with E-state index in [-0.39, 0.29) is 0 Å². The van der Waals surface area contributed by atoms with E-state index in [2.05, 4.69) is 51.2 Å². The van der Waals surface area contributed by atoms with E-state index in [1.54, 1.807) is 16.3 Å². The van der Waals surface area contributed by atoms with Crippen molar-refractivity contribution in [3.63, 3.8) is 0 Å². The highest BCUT2D eigenvalue weighted by Gasteiger charge is 2.13. The van der Waals surface area contributed by atoms with Gasteiger partial charge in [-0.2, -0.15) is 14.6 Å². The lowest BCUT2D eigenvalue weighted by atomic mass is 10.1. The Morgan fingerprint density at radius 1 is 1.30 bits per heavy atom. The molecule has 100 valence electrons. The number of aromatic amines is 1. The summed E-state index contributed by atoms with van der Waals surface area (Å²) in [5.41, 5.74) is 3.87. The van der Waals surface area contributed by atoms with E-state index in [0.29, 0.717) is 5.78 Å². The first-order valence-electron chi connectivity index (χ1n) is 6.41. The zero-order chi connectivity index (χ0) is 13.7. The molecule has 20 heavy (non-hydrogen) atoms. The van der Waals surface area contributed by atoms with Crippen molar-refractivity contribution >= 4 is 39.6 Å². The molecule has 4 aromatic rings. The molecule has 0 radical (unpaired) electrons. The predicted octanol–water partition coefficient (Wildman–Crippen LogP) is 2.57. The van der Waals surface area contributed by atoms with Crippen LogP contribution in [0.25, 0.3) is 27.8 Å². The maximum atomic E-state index is 4.66. The van der Waals surface area contributed by atoms with Crippen molar-refractivity contribution in [3.8, 4) is 0 Å². The van der Waals surface area contributed by atoms with Gasteiger partial charge in [-0.1, -0.05) is 36.9 Å². The molecule has 7 heteroatoms. The molecule has 4 rings (SSSR count). The summed E-state index contributed by atoms with van der Waals surface area (Å²) in [4.78, 5) is 7.84. The van der Waals surface area contributed by atoms with Crippen LogP contribution >= 0.6 is 11.8 Å². The van der Waals surface area contributed by atoms with E-state index < -0.39 is 0 Å². The number of fused-ring (bicyclic) bond motifs is 4. The number of hydrogen-bond donors (Lipinski definition) is 1. The number of hydrogen-bond acceptors (Lipinski definition) is 5. The first-order valence-corrected chi connectivity index (χ1v) is 7.39. The first-order chi connectivity index (χ1) is 9.78. The molecule has 0 spiro atoms. The molecule has 0 unspecified atom stereocenters. The molecule has 0 amide bonds. The van der Waals surface area contributed by atoms with Gasteiger partial charge in [-0.15, -0.1) is 10.2 Å². The third-order valence-electron chi connectivity index (χ3n) is 3.28. The maximum absolute atomic E-state index is 4.66. The van der Waals surface area contributed by atoms with Gasteiger partial charge in [-0.05, 0) is 18.2 Å². The van der Waals surface area contributed by atoms with E-state index in [1.807, 2.05) is 6.07 Å². The summed E-state index contributed by atoms with van der Waals surface area (Å²) < 4.78 is 1.71. The van der Waals surface area contributed by atoms with Gasteiger partial charge in [0, 0.05) is 5.39 Å². The topological polar surface area (TPSA) is 71.8 Å². The molecule has 1 aromatic carbocycles. The van der Waals surface area contributed by atoms with Crippen molar-refractivity contribution in [2.24, 2.45) is 0 Å². The van der Waals surface area contributed by atoms with Gasteiger partial charge in [0.25, 0.3) is 5.78 Å². The number of benzene rings is 1. The minimum Gasteiger partial charge on any atom is -0.337 e. The first kappa shape index (κ1) is 11.7. The average molecular weight is 284 g/mol. The lowest BCUT2D eigenvalue weighted by Gasteiger charge is -1.96. The van der Waals surface area contributed by atoms with Crippen LogP contribution < -0.4 is 0 Å². The quantitative estimate of drug-likeness (QED) is 0.573. The van der Waals surface area contributed by atoms with Crippen LogP contribution in [0, 0.1) is 6.92 Å². The molecule has 3 heterocycles. The SMILES string of the molecule is CCSc1nnc2nc3[nH]c4c(C)cccc4c3nn12. The van der Waals surface area contributed by atoms with Crippen molar-refractivity contribution in [2.75, 3.05) is 5.75 Å². The maximum Gasteiger partial charge on any atom is 0.274 e. The van der Waals surface area contributed by atoms with Crippen LogP contribution in [0.15, 0.2) is 23.4 Å². The molecule has 0 saturated carbocycles. The van der Waals surface area contributed by atoms with Gasteiger partial charge in [-0.3, -0.25) is 0 Å². The lowest BCUT2D eigenvalue weighted by molar-refractivity contribution is 0.819. The monoisotopic (exact) mass is 284 g/mol. The number of nitrogens with zero attached hydrogens (tertiary/aromatic N) is 5. The number of rotatable bonds is 2. The van der Waals surface area contributed by atoms with Gasteiger partial charge >= 0.3 is 0 Å². The van der Waals surface area contributed by atoms with Gasteiger partial charge in [0.2, 0.25) is 5.16 Å². The van der Waals surface area contributed by atoms with Crippen molar-refractivity contribution < 1.29 is 0 Å². The van der Waals surface area contributed by atoms with Crippen LogP contribution in [0.4, 0.5) is 0 Å². The van der Waals surface area contributed by atoms with E-state index in [4.69, 9.17) is 0 Å². The summed E-state index contributed by atoms with van der Waals surface area (Å²) in [6.45, 7) is 4.15. The lowest BCUT2D eigenvalue weighted by Crippen LogP contribution is -1.96. The Balaban J connectivity index is 2.12. The predicted molar refractivity (Wildman–Crippen MR) is 79.1 cm³/mol. The number of H-pyrrole nitrogens is 1. The molecular weight excluding hydrogens is 272 g/mol. The average Bonchev–Trinajstić information content (AvgIpc) is 3.00. The molecule has 3 aromatic heterocycles. The van der Waals surface area contributed by atoms with Crippen molar-refractivity contribution in [1.29, 1.82) is 0 Å². The molecular formula is C13H12N6S. The van der Waals surface area contributed by atoms with E-state index in [0.717, 1.165) is 33.0 Å². The van der Waals surface area contributed by atoms with Crippen molar-refractivity contribution in [3.05, 3.63) is 23.8 Å². The largest absolute Gasteiger partial charge is 0.337 e. The highest BCUT2D eigenvalue weighted by molar-refractivity contribution is 7.99. The molecule has 0 atom stereocenters. The van der Waals surface area contributed by atoms with Crippen LogP contribution in [0.1, 0.15) is 12.5 Å². The van der Waals surface area contributed by atoms with Crippen LogP contribution in [0.3, 0.4) is 0 Å². The van der Waals surface area contributed by atoms with Crippen molar-refractivity contribution in [2.45, 2.75) is 19.0 Å². The zero-order valence-electron chi connectivity index (χ0n) is 11.1. The minimum absolute atomic E-state index is 0.526. The summed E-state index contributed by atoms with van der Waals surface area (Å²) in [6.07, 6.45) is 0. The molecule has 0 bridgehead atoms.